The highest BCUT2D eigenvalue weighted by molar-refractivity contribution is 7.25. The maximum Gasteiger partial charge on any atom is 0.161 e. The maximum absolute atomic E-state index is 5.22. The second-order valence-electron chi connectivity index (χ2n) is 11.9. The van der Waals surface area contributed by atoms with Gasteiger partial charge in [0.05, 0.1) is 17.1 Å². The van der Waals surface area contributed by atoms with Gasteiger partial charge in [-0.15, -0.1) is 11.3 Å². The molecule has 0 aliphatic rings. The highest BCUT2D eigenvalue weighted by atomic mass is 32.1. The number of thiophene rings is 1. The van der Waals surface area contributed by atoms with Crippen molar-refractivity contribution in [2.75, 3.05) is 0 Å². The number of hydrogen-bond donors (Lipinski definition) is 0. The van der Waals surface area contributed by atoms with Crippen LogP contribution in [0.25, 0.3) is 88.0 Å². The number of rotatable bonds is 6. The zero-order chi connectivity index (χ0) is 32.6. The molecular weight excluding hydrogens is 617 g/mol. The van der Waals surface area contributed by atoms with Gasteiger partial charge in [0.25, 0.3) is 0 Å². The fourth-order valence-corrected chi connectivity index (χ4v) is 7.50. The summed E-state index contributed by atoms with van der Waals surface area (Å²) in [6, 6.07) is 58.4. The monoisotopic (exact) mass is 644 g/mol. The van der Waals surface area contributed by atoms with Gasteiger partial charge in [0, 0.05) is 43.3 Å². The van der Waals surface area contributed by atoms with Gasteiger partial charge in [-0.1, -0.05) is 152 Å². The Hall–Kier alpha value is -6.30. The summed E-state index contributed by atoms with van der Waals surface area (Å²) in [5, 5.41) is 2.22. The second-order valence-corrected chi connectivity index (χ2v) is 12.9. The van der Waals surface area contributed by atoms with Crippen LogP contribution in [0.1, 0.15) is 0 Å². The van der Waals surface area contributed by atoms with E-state index in [9.17, 15) is 0 Å². The molecule has 0 amide bonds. The van der Waals surface area contributed by atoms with E-state index < -0.39 is 0 Å². The number of fused-ring (bicyclic) bond motifs is 3. The molecule has 0 fully saturated rings. The maximum atomic E-state index is 5.22. The fourth-order valence-electron chi connectivity index (χ4n) is 6.40. The lowest BCUT2D eigenvalue weighted by molar-refractivity contribution is 1.18. The SMILES string of the molecule is c1ccc(-c2cc(-c3ccccc3)nc(-c3cccc(-c4cccc5sc6nc(-c7ccccc7)nc(-c7ccccc7)c6c45)c3)n2)cc1. The second kappa shape index (κ2) is 12.4. The third kappa shape index (κ3) is 5.46. The normalized spacial score (nSPS) is 11.3. The van der Waals surface area contributed by atoms with Gasteiger partial charge in [-0.3, -0.25) is 0 Å². The van der Waals surface area contributed by atoms with Gasteiger partial charge in [-0.05, 0) is 29.3 Å². The largest absolute Gasteiger partial charge is 0.228 e. The van der Waals surface area contributed by atoms with Crippen molar-refractivity contribution >= 4 is 31.6 Å². The van der Waals surface area contributed by atoms with Crippen molar-refractivity contribution in [1.29, 1.82) is 0 Å². The van der Waals surface area contributed by atoms with Gasteiger partial charge in [0.1, 0.15) is 4.83 Å². The molecule has 6 aromatic carbocycles. The number of hydrogen-bond acceptors (Lipinski definition) is 5. The molecule has 0 N–H and O–H groups in total. The summed E-state index contributed by atoms with van der Waals surface area (Å²) >= 11 is 1.71. The molecule has 0 saturated heterocycles. The van der Waals surface area contributed by atoms with E-state index >= 15 is 0 Å². The number of benzene rings is 6. The molecule has 9 aromatic rings. The van der Waals surface area contributed by atoms with E-state index in [0.29, 0.717) is 5.82 Å². The minimum absolute atomic E-state index is 0.685. The number of aromatic nitrogens is 4. The first-order valence-electron chi connectivity index (χ1n) is 16.2. The Balaban J connectivity index is 1.24. The summed E-state index contributed by atoms with van der Waals surface area (Å²) in [5.74, 6) is 1.41. The van der Waals surface area contributed by atoms with E-state index in [4.69, 9.17) is 19.9 Å². The Labute approximate surface area is 288 Å². The third-order valence-corrected chi connectivity index (χ3v) is 9.78. The topological polar surface area (TPSA) is 51.6 Å². The van der Waals surface area contributed by atoms with Crippen LogP contribution in [0.5, 0.6) is 0 Å². The average Bonchev–Trinajstić information content (AvgIpc) is 3.58. The van der Waals surface area contributed by atoms with E-state index in [0.717, 1.165) is 77.5 Å². The first-order valence-corrected chi connectivity index (χ1v) is 17.0. The zero-order valence-corrected chi connectivity index (χ0v) is 27.2. The van der Waals surface area contributed by atoms with Crippen LogP contribution in [0.4, 0.5) is 0 Å². The molecule has 0 unspecified atom stereocenters. The van der Waals surface area contributed by atoms with Crippen molar-refractivity contribution in [2.24, 2.45) is 0 Å². The molecule has 230 valence electrons. The lowest BCUT2D eigenvalue weighted by atomic mass is 9.96. The Morgan fingerprint density at radius 3 is 1.49 bits per heavy atom. The van der Waals surface area contributed by atoms with Gasteiger partial charge < -0.3 is 0 Å². The molecule has 0 aliphatic heterocycles. The van der Waals surface area contributed by atoms with E-state index in [1.165, 1.54) is 4.70 Å². The average molecular weight is 645 g/mol. The Kier molecular flexibility index (Phi) is 7.30. The summed E-state index contributed by atoms with van der Waals surface area (Å²) in [4.78, 5) is 21.5. The molecule has 49 heavy (non-hydrogen) atoms. The predicted molar refractivity (Wildman–Crippen MR) is 203 cm³/mol. The lowest BCUT2D eigenvalue weighted by Crippen LogP contribution is -1.96. The van der Waals surface area contributed by atoms with E-state index in [1.807, 2.05) is 60.7 Å². The van der Waals surface area contributed by atoms with Crippen LogP contribution in [0.3, 0.4) is 0 Å². The van der Waals surface area contributed by atoms with Crippen molar-refractivity contribution in [3.05, 3.63) is 170 Å². The van der Waals surface area contributed by atoms with Crippen molar-refractivity contribution < 1.29 is 0 Å². The summed E-state index contributed by atoms with van der Waals surface area (Å²) < 4.78 is 1.17. The zero-order valence-electron chi connectivity index (χ0n) is 26.4. The van der Waals surface area contributed by atoms with Crippen LogP contribution < -0.4 is 0 Å². The molecule has 0 bridgehead atoms. The predicted octanol–water partition coefficient (Wildman–Crippen LogP) is 11.6. The van der Waals surface area contributed by atoms with Crippen LogP contribution in [-0.2, 0) is 0 Å². The van der Waals surface area contributed by atoms with Crippen LogP contribution in [0.15, 0.2) is 170 Å². The van der Waals surface area contributed by atoms with E-state index in [-0.39, 0.29) is 0 Å². The standard InChI is InChI=1S/C44H28N4S/c1-5-15-29(16-6-1)36-28-37(30-17-7-2-8-18-30)46-43(45-36)34-24-13-23-33(27-34)35-25-14-26-38-39(35)40-41(31-19-9-3-10-20-31)47-42(48-44(40)49-38)32-21-11-4-12-22-32/h1-28H. The van der Waals surface area contributed by atoms with Gasteiger partial charge >= 0.3 is 0 Å². The third-order valence-electron chi connectivity index (χ3n) is 8.73. The summed E-state index contributed by atoms with van der Waals surface area (Å²) in [6.07, 6.45) is 0. The van der Waals surface area contributed by atoms with Crippen molar-refractivity contribution in [3.63, 3.8) is 0 Å². The van der Waals surface area contributed by atoms with Gasteiger partial charge in [-0.2, -0.15) is 0 Å². The van der Waals surface area contributed by atoms with Gasteiger partial charge in [-0.25, -0.2) is 19.9 Å². The van der Waals surface area contributed by atoms with Crippen molar-refractivity contribution in [3.8, 4) is 67.7 Å². The van der Waals surface area contributed by atoms with Crippen LogP contribution >= 0.6 is 11.3 Å². The quantitative estimate of drug-likeness (QED) is 0.181. The smallest absolute Gasteiger partial charge is 0.161 e. The van der Waals surface area contributed by atoms with Gasteiger partial charge in [0.15, 0.2) is 11.6 Å². The molecule has 3 heterocycles. The molecule has 0 aliphatic carbocycles. The Morgan fingerprint density at radius 1 is 0.347 bits per heavy atom. The molecule has 3 aromatic heterocycles. The Bertz CT molecular complexity index is 2530. The molecule has 0 spiro atoms. The van der Waals surface area contributed by atoms with Crippen LogP contribution in [0, 0.1) is 0 Å². The van der Waals surface area contributed by atoms with E-state index in [1.54, 1.807) is 11.3 Å². The summed E-state index contributed by atoms with van der Waals surface area (Å²) in [5.41, 5.74) is 10.1. The molecular formula is C44H28N4S. The van der Waals surface area contributed by atoms with Gasteiger partial charge in [0.2, 0.25) is 0 Å². The number of nitrogens with zero attached hydrogens (tertiary/aromatic N) is 4. The molecule has 0 saturated carbocycles. The molecule has 4 nitrogen and oxygen atoms in total. The molecule has 9 rings (SSSR count). The van der Waals surface area contributed by atoms with E-state index in [2.05, 4.69) is 109 Å². The summed E-state index contributed by atoms with van der Waals surface area (Å²) in [7, 11) is 0. The van der Waals surface area contributed by atoms with Crippen LogP contribution in [0.2, 0.25) is 0 Å². The first kappa shape index (κ1) is 28.9. The van der Waals surface area contributed by atoms with Crippen molar-refractivity contribution in [2.45, 2.75) is 0 Å². The minimum Gasteiger partial charge on any atom is -0.228 e. The molecule has 5 heteroatoms. The summed E-state index contributed by atoms with van der Waals surface area (Å²) in [6.45, 7) is 0. The van der Waals surface area contributed by atoms with Crippen LogP contribution in [-0.4, -0.2) is 19.9 Å². The highest BCUT2D eigenvalue weighted by Crippen LogP contribution is 2.44. The minimum atomic E-state index is 0.685. The Morgan fingerprint density at radius 2 is 0.857 bits per heavy atom. The highest BCUT2D eigenvalue weighted by Gasteiger charge is 2.20. The molecule has 0 atom stereocenters. The first-order chi connectivity index (χ1) is 24.3. The lowest BCUT2D eigenvalue weighted by Gasteiger charge is -2.12. The fraction of sp³-hybridized carbons (Fsp3) is 0. The van der Waals surface area contributed by atoms with Crippen molar-refractivity contribution in [1.82, 2.24) is 19.9 Å². The molecule has 0 radical (unpaired) electrons.